The Morgan fingerprint density at radius 2 is 1.76 bits per heavy atom. The Labute approximate surface area is 152 Å². The normalized spacial score (nSPS) is 29.0. The third-order valence-electron chi connectivity index (χ3n) is 6.48. The Hall–Kier alpha value is -0.210. The smallest absolute Gasteiger partial charge is 0.213 e. The van der Waals surface area contributed by atoms with Gasteiger partial charge in [0.25, 0.3) is 0 Å². The van der Waals surface area contributed by atoms with Gasteiger partial charge in [-0.15, -0.1) is 0 Å². The van der Waals surface area contributed by atoms with Crippen LogP contribution in [0.5, 0.6) is 0 Å². The van der Waals surface area contributed by atoms with Crippen LogP contribution in [0.15, 0.2) is 0 Å². The summed E-state index contributed by atoms with van der Waals surface area (Å²) in [5.41, 5.74) is 0.197. The second-order valence-corrected chi connectivity index (χ2v) is 9.96. The largest absolute Gasteiger partial charge is 0.382 e. The van der Waals surface area contributed by atoms with Crippen molar-refractivity contribution in [3.8, 4) is 0 Å². The lowest BCUT2D eigenvalue weighted by atomic mass is 9.69. The van der Waals surface area contributed by atoms with E-state index in [0.29, 0.717) is 38.4 Å². The number of rotatable bonds is 7. The van der Waals surface area contributed by atoms with Gasteiger partial charge in [0.05, 0.1) is 25.1 Å². The molecule has 0 radical (unpaired) electrons. The van der Waals surface area contributed by atoms with Gasteiger partial charge in [-0.3, -0.25) is 4.90 Å². The van der Waals surface area contributed by atoms with Crippen LogP contribution >= 0.6 is 0 Å². The van der Waals surface area contributed by atoms with Crippen molar-refractivity contribution >= 4 is 10.0 Å². The molecule has 25 heavy (non-hydrogen) atoms. The number of methoxy groups -OCH3 is 1. The minimum Gasteiger partial charge on any atom is -0.382 e. The Kier molecular flexibility index (Phi) is 6.42. The lowest BCUT2D eigenvalue weighted by molar-refractivity contribution is -0.203. The monoisotopic (exact) mass is 374 g/mol. The van der Waals surface area contributed by atoms with E-state index in [4.69, 9.17) is 9.47 Å². The van der Waals surface area contributed by atoms with Crippen molar-refractivity contribution in [1.82, 2.24) is 9.21 Å². The highest BCUT2D eigenvalue weighted by molar-refractivity contribution is 7.89. The van der Waals surface area contributed by atoms with E-state index in [9.17, 15) is 8.42 Å². The molecule has 7 heteroatoms. The van der Waals surface area contributed by atoms with Gasteiger partial charge in [-0.1, -0.05) is 19.3 Å². The van der Waals surface area contributed by atoms with E-state index in [1.807, 2.05) is 0 Å². The summed E-state index contributed by atoms with van der Waals surface area (Å²) < 4.78 is 37.1. The Bertz CT molecular complexity index is 525. The van der Waals surface area contributed by atoms with E-state index in [1.165, 1.54) is 32.1 Å². The number of sulfonamides is 1. The van der Waals surface area contributed by atoms with Gasteiger partial charge in [0, 0.05) is 38.3 Å². The van der Waals surface area contributed by atoms with Gasteiger partial charge in [0.15, 0.2) is 0 Å². The van der Waals surface area contributed by atoms with Gasteiger partial charge < -0.3 is 9.47 Å². The second-order valence-electron chi connectivity index (χ2n) is 7.70. The maximum absolute atomic E-state index is 12.1. The Morgan fingerprint density at radius 3 is 2.36 bits per heavy atom. The summed E-state index contributed by atoms with van der Waals surface area (Å²) in [6.45, 7) is 5.39. The Balaban J connectivity index is 1.60. The zero-order chi connectivity index (χ0) is 17.9. The third kappa shape index (κ3) is 3.90. The molecule has 2 aliphatic heterocycles. The molecule has 1 unspecified atom stereocenters. The molecule has 0 aromatic heterocycles. The molecule has 0 bridgehead atoms. The minimum absolute atomic E-state index is 0.197. The van der Waals surface area contributed by atoms with Gasteiger partial charge in [-0.05, 0) is 32.6 Å². The van der Waals surface area contributed by atoms with Crippen molar-refractivity contribution in [1.29, 1.82) is 0 Å². The molecule has 3 rings (SSSR count). The molecule has 1 spiro atoms. The molecule has 3 aliphatic rings. The van der Waals surface area contributed by atoms with Crippen molar-refractivity contribution in [2.45, 2.75) is 69.6 Å². The van der Waals surface area contributed by atoms with Crippen LogP contribution in [-0.2, 0) is 19.5 Å². The molecule has 2 saturated heterocycles. The van der Waals surface area contributed by atoms with Crippen molar-refractivity contribution in [3.05, 3.63) is 0 Å². The SMILES string of the molecule is CCS(=O)(=O)N1CCC(N2CC(OCCOC)C23CCCCC3)CC1. The molecule has 0 N–H and O–H groups in total. The van der Waals surface area contributed by atoms with Gasteiger partial charge >= 0.3 is 0 Å². The maximum atomic E-state index is 12.1. The van der Waals surface area contributed by atoms with Crippen LogP contribution < -0.4 is 0 Å². The van der Waals surface area contributed by atoms with E-state index in [1.54, 1.807) is 18.3 Å². The number of hydrogen-bond acceptors (Lipinski definition) is 5. The number of hydrogen-bond donors (Lipinski definition) is 0. The van der Waals surface area contributed by atoms with Gasteiger partial charge in [-0.25, -0.2) is 12.7 Å². The van der Waals surface area contributed by atoms with Gasteiger partial charge in [0.2, 0.25) is 10.0 Å². The van der Waals surface area contributed by atoms with Crippen molar-refractivity contribution in [3.63, 3.8) is 0 Å². The van der Waals surface area contributed by atoms with Crippen molar-refractivity contribution in [2.75, 3.05) is 45.7 Å². The van der Waals surface area contributed by atoms with Crippen LogP contribution in [0.4, 0.5) is 0 Å². The summed E-state index contributed by atoms with van der Waals surface area (Å²) in [4.78, 5) is 2.67. The number of likely N-dealkylation sites (tertiary alicyclic amines) is 1. The highest BCUT2D eigenvalue weighted by Crippen LogP contribution is 2.47. The van der Waals surface area contributed by atoms with Crippen LogP contribution in [0.2, 0.25) is 0 Å². The lowest BCUT2D eigenvalue weighted by Gasteiger charge is -2.63. The molecule has 6 nitrogen and oxygen atoms in total. The molecule has 1 aliphatic carbocycles. The first-order valence-electron chi connectivity index (χ1n) is 9.88. The molecule has 1 saturated carbocycles. The number of ether oxygens (including phenoxy) is 2. The number of piperidine rings is 1. The standard InChI is InChI=1S/C18H34N2O4S/c1-3-25(21,22)19-11-7-16(8-12-19)20-15-17(24-14-13-23-2)18(20)9-5-4-6-10-18/h16-17H,3-15H2,1-2H3. The average Bonchev–Trinajstić information content (AvgIpc) is 2.65. The predicted molar refractivity (Wildman–Crippen MR) is 98.2 cm³/mol. The molecule has 3 fully saturated rings. The lowest BCUT2D eigenvalue weighted by Crippen LogP contribution is -2.75. The quantitative estimate of drug-likeness (QED) is 0.637. The third-order valence-corrected chi connectivity index (χ3v) is 8.36. The van der Waals surface area contributed by atoms with Crippen LogP contribution in [-0.4, -0.2) is 81.0 Å². The first kappa shape index (κ1) is 19.5. The Morgan fingerprint density at radius 1 is 1.08 bits per heavy atom. The highest BCUT2D eigenvalue weighted by Gasteiger charge is 2.56. The zero-order valence-corrected chi connectivity index (χ0v) is 16.6. The molecule has 146 valence electrons. The molecular formula is C18H34N2O4S. The summed E-state index contributed by atoms with van der Waals surface area (Å²) in [7, 11) is -1.33. The molecule has 1 atom stereocenters. The molecule has 0 amide bonds. The average molecular weight is 375 g/mol. The topological polar surface area (TPSA) is 59.1 Å². The summed E-state index contributed by atoms with van der Waals surface area (Å²) in [5, 5.41) is 0. The van der Waals surface area contributed by atoms with Crippen LogP contribution in [0.1, 0.15) is 51.9 Å². The van der Waals surface area contributed by atoms with E-state index in [0.717, 1.165) is 19.4 Å². The summed E-state index contributed by atoms with van der Waals surface area (Å²) in [6, 6.07) is 0.503. The number of nitrogens with zero attached hydrogens (tertiary/aromatic N) is 2. The van der Waals surface area contributed by atoms with Crippen LogP contribution in [0, 0.1) is 0 Å². The second kappa shape index (κ2) is 8.21. The highest BCUT2D eigenvalue weighted by atomic mass is 32.2. The molecule has 0 aromatic carbocycles. The molecular weight excluding hydrogens is 340 g/mol. The zero-order valence-electron chi connectivity index (χ0n) is 15.8. The van der Waals surface area contributed by atoms with Crippen molar-refractivity contribution < 1.29 is 17.9 Å². The molecule has 2 heterocycles. The summed E-state index contributed by atoms with van der Waals surface area (Å²) >= 11 is 0. The molecule has 0 aromatic rings. The van der Waals surface area contributed by atoms with Gasteiger partial charge in [0.1, 0.15) is 0 Å². The summed E-state index contributed by atoms with van der Waals surface area (Å²) in [6.07, 6.45) is 8.55. The summed E-state index contributed by atoms with van der Waals surface area (Å²) in [5.74, 6) is 0.209. The van der Waals surface area contributed by atoms with E-state index in [-0.39, 0.29) is 11.3 Å². The fourth-order valence-electron chi connectivity index (χ4n) is 4.98. The van der Waals surface area contributed by atoms with E-state index < -0.39 is 10.0 Å². The first-order valence-corrected chi connectivity index (χ1v) is 11.5. The van der Waals surface area contributed by atoms with Crippen LogP contribution in [0.3, 0.4) is 0 Å². The predicted octanol–water partition coefficient (Wildman–Crippen LogP) is 1.85. The fourth-order valence-corrected chi connectivity index (χ4v) is 6.12. The maximum Gasteiger partial charge on any atom is 0.213 e. The fraction of sp³-hybridized carbons (Fsp3) is 1.00. The first-order chi connectivity index (χ1) is 12.0. The van der Waals surface area contributed by atoms with E-state index in [2.05, 4.69) is 4.90 Å². The van der Waals surface area contributed by atoms with Crippen molar-refractivity contribution in [2.24, 2.45) is 0 Å². The van der Waals surface area contributed by atoms with Crippen LogP contribution in [0.25, 0.3) is 0 Å². The van der Waals surface area contributed by atoms with E-state index >= 15 is 0 Å². The minimum atomic E-state index is -3.04. The van der Waals surface area contributed by atoms with Gasteiger partial charge in [-0.2, -0.15) is 0 Å².